The molecule has 0 N–H and O–H groups in total. The van der Waals surface area contributed by atoms with Crippen molar-refractivity contribution >= 4 is 13.5 Å². The Morgan fingerprint density at radius 2 is 1.16 bits per heavy atom. The largest absolute Gasteiger partial charge is 0.668 e. The number of para-hydroxylation sites is 2. The van der Waals surface area contributed by atoms with Crippen LogP contribution in [-0.4, -0.2) is 53.3 Å². The zero-order chi connectivity index (χ0) is 40.1. The first kappa shape index (κ1) is 39.5. The van der Waals surface area contributed by atoms with Crippen LogP contribution in [0.1, 0.15) is 99.3 Å². The Bertz CT molecular complexity index is 1860. The molecule has 2 saturated carbocycles. The molecule has 4 bridgehead atoms. The molecule has 0 radical (unpaired) electrons. The predicted molar refractivity (Wildman–Crippen MR) is 209 cm³/mol. The molecular formula is C44H58NO12P. The van der Waals surface area contributed by atoms with Crippen LogP contribution in [0.15, 0.2) is 65.8 Å². The van der Waals surface area contributed by atoms with Gasteiger partial charge in [0.2, 0.25) is 11.6 Å². The van der Waals surface area contributed by atoms with E-state index in [1.54, 1.807) is 48.5 Å². The minimum absolute atomic E-state index is 0.00462. The average molecular weight is 824 g/mol. The third kappa shape index (κ3) is 6.40. The van der Waals surface area contributed by atoms with E-state index < -0.39 is 49.3 Å². The Labute approximate surface area is 341 Å². The lowest BCUT2D eigenvalue weighted by Gasteiger charge is -2.61. The van der Waals surface area contributed by atoms with Gasteiger partial charge in [-0.2, -0.15) is 4.57 Å². The molecule has 0 amide bonds. The van der Waals surface area contributed by atoms with E-state index >= 15 is 0 Å². The molecule has 2 unspecified atom stereocenters. The highest BCUT2D eigenvalue weighted by atomic mass is 31.2. The van der Waals surface area contributed by atoms with Crippen LogP contribution in [-0.2, 0) is 47.7 Å². The van der Waals surface area contributed by atoms with Gasteiger partial charge in [-0.1, -0.05) is 69.2 Å². The van der Waals surface area contributed by atoms with E-state index in [1.807, 2.05) is 26.0 Å². The lowest BCUT2D eigenvalue weighted by molar-refractivity contribution is -0.571. The zero-order valence-corrected chi connectivity index (χ0v) is 35.3. The van der Waals surface area contributed by atoms with Crippen LogP contribution in [0.3, 0.4) is 0 Å². The van der Waals surface area contributed by atoms with Crippen molar-refractivity contribution in [2.24, 2.45) is 52.5 Å². The molecule has 10 aliphatic rings. The zero-order valence-electron chi connectivity index (χ0n) is 34.4. The highest BCUT2D eigenvalue weighted by molar-refractivity contribution is 7.49. The standard InChI is InChI=1S/C44H58NO12P/c1-26-17-19-34-28(3)37(47-39-43(34)32(26)21-23-41(5,49-39)53-55-43)25-36(45-57-58(46,51-30-13-9-7-10-14-30)52-31-15-11-8-12-16-31)38-29(4)35-20-18-27(2)33-22-24-42(6)50-40(48-38)44(33,35)56-54-42/h7-16,26-29,32-35,37-40H,17-25H2,1-6H3/b45-36-/t26-,27-,28-,29-,32+,33+,34+,35+,37-,38+,39-,40-,41+,42+,43?,44?/m1/s1. The maximum Gasteiger partial charge on any atom is 0.668 e. The van der Waals surface area contributed by atoms with Gasteiger partial charge < -0.3 is 28.0 Å². The van der Waals surface area contributed by atoms with E-state index in [1.165, 1.54) is 0 Å². The summed E-state index contributed by atoms with van der Waals surface area (Å²) >= 11 is 0. The Hall–Kier alpha value is -2.58. The second kappa shape index (κ2) is 14.5. The molecule has 13 nitrogen and oxygen atoms in total. The average Bonchev–Trinajstić information content (AvgIpc) is 3.58. The normalized spacial score (nSPS) is 46.9. The fourth-order valence-corrected chi connectivity index (χ4v) is 13.4. The third-order valence-corrected chi connectivity index (χ3v) is 16.5. The van der Waals surface area contributed by atoms with Crippen LogP contribution in [0, 0.1) is 47.3 Å². The van der Waals surface area contributed by atoms with Crippen molar-refractivity contribution < 1.29 is 56.7 Å². The van der Waals surface area contributed by atoms with Gasteiger partial charge in [0.05, 0.1) is 11.8 Å². The summed E-state index contributed by atoms with van der Waals surface area (Å²) in [5, 5.41) is 4.80. The minimum Gasteiger partial charge on any atom is -0.385 e. The molecule has 12 rings (SSSR count). The van der Waals surface area contributed by atoms with E-state index in [-0.39, 0.29) is 48.0 Å². The van der Waals surface area contributed by atoms with Crippen molar-refractivity contribution in [3.05, 3.63) is 60.7 Å². The SMILES string of the molecule is C[C@H]1[C@@H](/C(C[C@H]2O[C@@H]3O[C@]4(C)CC[C@H]5[C@H](C)CC[C@@H]([C@H]2C)C35OO4)=N\OP(=O)(Oc2ccccc2)Oc2ccccc2)O[C@@H]2O[C@]3(C)CC[C@H]4[C@H](C)CC[C@@H]1C24OO3. The number of phosphoric acid groups is 1. The van der Waals surface area contributed by atoms with E-state index in [9.17, 15) is 4.57 Å². The summed E-state index contributed by atoms with van der Waals surface area (Å²) < 4.78 is 60.7. The Kier molecular flexibility index (Phi) is 9.90. The minimum atomic E-state index is -4.44. The van der Waals surface area contributed by atoms with Crippen molar-refractivity contribution in [3.8, 4) is 11.5 Å². The summed E-state index contributed by atoms with van der Waals surface area (Å²) in [7, 11) is -4.44. The predicted octanol–water partition coefficient (Wildman–Crippen LogP) is 9.52. The number of rotatable bonds is 9. The molecule has 2 spiro atoms. The first-order valence-corrected chi connectivity index (χ1v) is 23.0. The summed E-state index contributed by atoms with van der Waals surface area (Å²) in [4.78, 5) is 25.2. The summed E-state index contributed by atoms with van der Waals surface area (Å²) in [6.45, 7) is 12.9. The third-order valence-electron chi connectivity index (χ3n) is 15.4. The topological polar surface area (TPSA) is 131 Å². The molecule has 2 aliphatic carbocycles. The summed E-state index contributed by atoms with van der Waals surface area (Å²) in [6.07, 6.45) is 5.11. The van der Waals surface area contributed by atoms with Crippen LogP contribution in [0.4, 0.5) is 0 Å². The van der Waals surface area contributed by atoms with Gasteiger partial charge >= 0.3 is 7.82 Å². The summed E-state index contributed by atoms with van der Waals surface area (Å²) in [6, 6.07) is 17.6. The van der Waals surface area contributed by atoms with Gasteiger partial charge in [-0.05, 0) is 112 Å². The lowest BCUT2D eigenvalue weighted by Crippen LogP contribution is -2.71. The van der Waals surface area contributed by atoms with E-state index in [0.29, 0.717) is 35.5 Å². The Morgan fingerprint density at radius 3 is 1.69 bits per heavy atom. The van der Waals surface area contributed by atoms with Crippen LogP contribution in [0.25, 0.3) is 0 Å². The smallest absolute Gasteiger partial charge is 0.385 e. The highest BCUT2D eigenvalue weighted by Crippen LogP contribution is 2.63. The number of fused-ring (bicyclic) bond motifs is 4. The van der Waals surface area contributed by atoms with Crippen molar-refractivity contribution in [1.82, 2.24) is 0 Å². The van der Waals surface area contributed by atoms with Crippen LogP contribution >= 0.6 is 7.82 Å². The monoisotopic (exact) mass is 823 g/mol. The molecule has 14 heteroatoms. The van der Waals surface area contributed by atoms with Gasteiger partial charge in [-0.15, -0.1) is 0 Å². The summed E-state index contributed by atoms with van der Waals surface area (Å²) in [5.74, 6) is -0.0302. The number of hydrogen-bond donors (Lipinski definition) is 0. The number of phosphoric ester groups is 1. The molecule has 8 aliphatic heterocycles. The molecule has 8 heterocycles. The molecule has 316 valence electrons. The fraction of sp³-hybridized carbons (Fsp3) is 0.705. The molecule has 8 saturated heterocycles. The van der Waals surface area contributed by atoms with E-state index in [2.05, 4.69) is 27.7 Å². The molecule has 58 heavy (non-hydrogen) atoms. The number of hydrogen-bond acceptors (Lipinski definition) is 13. The van der Waals surface area contributed by atoms with Crippen molar-refractivity contribution in [2.75, 3.05) is 0 Å². The molecule has 0 aromatic heterocycles. The van der Waals surface area contributed by atoms with E-state index in [0.717, 1.165) is 44.9 Å². The van der Waals surface area contributed by atoms with Gasteiger partial charge in [0.15, 0.2) is 23.8 Å². The first-order chi connectivity index (χ1) is 27.8. The molecule has 2 aromatic rings. The van der Waals surface area contributed by atoms with Crippen molar-refractivity contribution in [1.29, 1.82) is 0 Å². The van der Waals surface area contributed by atoms with Crippen LogP contribution in [0.5, 0.6) is 11.5 Å². The number of nitrogens with zero attached hydrogens (tertiary/aromatic N) is 1. The van der Waals surface area contributed by atoms with Gasteiger partial charge in [0, 0.05) is 31.1 Å². The number of oxime groups is 1. The second-order valence-corrected chi connectivity index (χ2v) is 20.3. The van der Waals surface area contributed by atoms with Gasteiger partial charge in [0.25, 0.3) is 0 Å². The van der Waals surface area contributed by atoms with Crippen molar-refractivity contribution in [3.63, 3.8) is 0 Å². The highest BCUT2D eigenvalue weighted by Gasteiger charge is 2.71. The van der Waals surface area contributed by atoms with Crippen LogP contribution < -0.4 is 9.05 Å². The second-order valence-electron chi connectivity index (χ2n) is 18.9. The van der Waals surface area contributed by atoms with Gasteiger partial charge in [-0.3, -0.25) is 4.62 Å². The maximum atomic E-state index is 14.8. The first-order valence-electron chi connectivity index (χ1n) is 21.6. The molecule has 16 atom stereocenters. The quantitative estimate of drug-likeness (QED) is 0.103. The maximum absolute atomic E-state index is 14.8. The van der Waals surface area contributed by atoms with E-state index in [4.69, 9.17) is 57.3 Å². The Balaban J connectivity index is 1.03. The molecule has 2 aromatic carbocycles. The van der Waals surface area contributed by atoms with Gasteiger partial charge in [-0.25, -0.2) is 19.6 Å². The van der Waals surface area contributed by atoms with Crippen molar-refractivity contribution in [2.45, 2.75) is 147 Å². The lowest BCUT2D eigenvalue weighted by atomic mass is 9.56. The van der Waals surface area contributed by atoms with Crippen LogP contribution in [0.2, 0.25) is 0 Å². The molecule has 10 fully saturated rings. The van der Waals surface area contributed by atoms with Gasteiger partial charge in [0.1, 0.15) is 17.6 Å². The number of benzene rings is 2. The Morgan fingerprint density at radius 1 is 0.655 bits per heavy atom. The summed E-state index contributed by atoms with van der Waals surface area (Å²) in [5.41, 5.74) is -1.00. The molecular weight excluding hydrogens is 765 g/mol. The number of ether oxygens (including phenoxy) is 4. The fourth-order valence-electron chi connectivity index (χ4n) is 12.3.